The summed E-state index contributed by atoms with van der Waals surface area (Å²) in [4.78, 5) is 0.0388. The van der Waals surface area contributed by atoms with Gasteiger partial charge < -0.3 is 10.1 Å². The first-order valence-corrected chi connectivity index (χ1v) is 11.2. The fourth-order valence-corrected chi connectivity index (χ4v) is 3.97. The molecule has 0 amide bonds. The van der Waals surface area contributed by atoms with Crippen molar-refractivity contribution in [2.75, 3.05) is 12.4 Å². The molecule has 0 aliphatic carbocycles. The zero-order chi connectivity index (χ0) is 22.3. The first-order valence-electron chi connectivity index (χ1n) is 9.62. The molecular weight excluding hydrogens is 428 g/mol. The second-order valence-corrected chi connectivity index (χ2v) is 8.64. The van der Waals surface area contributed by atoms with E-state index in [1.807, 2.05) is 48.5 Å². The van der Waals surface area contributed by atoms with Crippen LogP contribution in [-0.4, -0.2) is 35.3 Å². The largest absolute Gasteiger partial charge is 0.497 e. The first-order chi connectivity index (χ1) is 15.4. The molecule has 0 atom stereocenters. The number of fused-ring (bicyclic) bond motifs is 3. The minimum Gasteiger partial charge on any atom is -0.497 e. The molecule has 2 aromatic heterocycles. The van der Waals surface area contributed by atoms with Crippen molar-refractivity contribution in [3.63, 3.8) is 0 Å². The van der Waals surface area contributed by atoms with Crippen molar-refractivity contribution in [3.8, 4) is 17.1 Å². The summed E-state index contributed by atoms with van der Waals surface area (Å²) in [5, 5.41) is 23.7. The minimum atomic E-state index is -3.76. The molecule has 0 aliphatic heterocycles. The Morgan fingerprint density at radius 1 is 0.906 bits per heavy atom. The van der Waals surface area contributed by atoms with E-state index in [1.165, 1.54) is 12.1 Å². The normalized spacial score (nSPS) is 11.7. The second kappa shape index (κ2) is 7.59. The molecule has 0 fully saturated rings. The predicted molar refractivity (Wildman–Crippen MR) is 121 cm³/mol. The molecule has 9 nitrogen and oxygen atoms in total. The number of methoxy groups -OCH3 is 1. The molecule has 0 radical (unpaired) electrons. The van der Waals surface area contributed by atoms with Gasteiger partial charge in [-0.3, -0.25) is 0 Å². The Kier molecular flexibility index (Phi) is 4.72. The van der Waals surface area contributed by atoms with Crippen molar-refractivity contribution >= 4 is 37.9 Å². The van der Waals surface area contributed by atoms with Crippen molar-refractivity contribution < 1.29 is 13.2 Å². The molecule has 0 saturated carbocycles. The lowest BCUT2D eigenvalue weighted by atomic mass is 10.1. The van der Waals surface area contributed by atoms with E-state index in [1.54, 1.807) is 23.8 Å². The zero-order valence-corrected chi connectivity index (χ0v) is 17.7. The van der Waals surface area contributed by atoms with Gasteiger partial charge in [0.2, 0.25) is 10.0 Å². The van der Waals surface area contributed by atoms with Crippen molar-refractivity contribution in [2.24, 2.45) is 5.14 Å². The first kappa shape index (κ1) is 19.9. The molecular formula is C22H18N6O3S. The maximum atomic E-state index is 11.5. The van der Waals surface area contributed by atoms with Crippen LogP contribution in [0.5, 0.6) is 5.75 Å². The second-order valence-electron chi connectivity index (χ2n) is 7.08. The lowest BCUT2D eigenvalue weighted by Gasteiger charge is -2.11. The van der Waals surface area contributed by atoms with Crippen molar-refractivity contribution in [1.82, 2.24) is 19.8 Å². The van der Waals surface area contributed by atoms with Gasteiger partial charge in [0.15, 0.2) is 17.3 Å². The standard InChI is InChI=1S/C22H18N6O3S/c1-31-16-10-6-14(7-11-16)21-25-26-22-19-5-3-2-4-18(19)20(27-28(21)22)24-15-8-12-17(13-9-15)32(23,29)30/h2-13H,1H3,(H,24,27)(H2,23,29,30). The summed E-state index contributed by atoms with van der Waals surface area (Å²) in [6, 6.07) is 21.4. The highest BCUT2D eigenvalue weighted by molar-refractivity contribution is 7.89. The molecule has 0 spiro atoms. The zero-order valence-electron chi connectivity index (χ0n) is 16.9. The summed E-state index contributed by atoms with van der Waals surface area (Å²) in [5.74, 6) is 1.90. The van der Waals surface area contributed by atoms with Crippen LogP contribution in [0.3, 0.4) is 0 Å². The van der Waals surface area contributed by atoms with Crippen LogP contribution in [0.25, 0.3) is 27.8 Å². The third kappa shape index (κ3) is 3.51. The fraction of sp³-hybridized carbons (Fsp3) is 0.0455. The van der Waals surface area contributed by atoms with Crippen LogP contribution < -0.4 is 15.2 Å². The van der Waals surface area contributed by atoms with E-state index in [4.69, 9.17) is 15.0 Å². The average Bonchev–Trinajstić information content (AvgIpc) is 3.23. The number of sulfonamides is 1. The molecule has 5 rings (SSSR count). The monoisotopic (exact) mass is 446 g/mol. The number of hydrogen-bond donors (Lipinski definition) is 2. The van der Waals surface area contributed by atoms with Gasteiger partial charge in [-0.25, -0.2) is 13.6 Å². The van der Waals surface area contributed by atoms with E-state index >= 15 is 0 Å². The van der Waals surface area contributed by atoms with Crippen LogP contribution in [0.1, 0.15) is 0 Å². The maximum Gasteiger partial charge on any atom is 0.238 e. The SMILES string of the molecule is COc1ccc(-c2nnc3c4ccccc4c(Nc4ccc(S(N)(=O)=O)cc4)nn23)cc1. The summed E-state index contributed by atoms with van der Waals surface area (Å²) in [6.07, 6.45) is 0. The number of hydrogen-bond acceptors (Lipinski definition) is 7. The van der Waals surface area contributed by atoms with E-state index in [0.717, 1.165) is 22.1 Å². The number of nitrogens with zero attached hydrogens (tertiary/aromatic N) is 4. The molecule has 160 valence electrons. The number of ether oxygens (including phenoxy) is 1. The van der Waals surface area contributed by atoms with Gasteiger partial charge >= 0.3 is 0 Å². The van der Waals surface area contributed by atoms with Gasteiger partial charge in [0.1, 0.15) is 5.75 Å². The highest BCUT2D eigenvalue weighted by Gasteiger charge is 2.16. The van der Waals surface area contributed by atoms with Crippen LogP contribution in [0.2, 0.25) is 0 Å². The fourth-order valence-electron chi connectivity index (χ4n) is 3.46. The minimum absolute atomic E-state index is 0.0388. The quantitative estimate of drug-likeness (QED) is 0.424. The molecule has 0 bridgehead atoms. The number of aromatic nitrogens is 4. The van der Waals surface area contributed by atoms with Crippen LogP contribution in [0, 0.1) is 0 Å². The number of nitrogens with one attached hydrogen (secondary N) is 1. The molecule has 0 unspecified atom stereocenters. The highest BCUT2D eigenvalue weighted by atomic mass is 32.2. The molecule has 32 heavy (non-hydrogen) atoms. The smallest absolute Gasteiger partial charge is 0.238 e. The number of primary sulfonamides is 1. The van der Waals surface area contributed by atoms with Gasteiger partial charge in [-0.05, 0) is 48.5 Å². The van der Waals surface area contributed by atoms with Crippen molar-refractivity contribution in [1.29, 1.82) is 0 Å². The van der Waals surface area contributed by atoms with Crippen LogP contribution >= 0.6 is 0 Å². The van der Waals surface area contributed by atoms with Gasteiger partial charge in [-0.2, -0.15) is 4.52 Å². The summed E-state index contributed by atoms with van der Waals surface area (Å²) in [6.45, 7) is 0. The average molecular weight is 446 g/mol. The lowest BCUT2D eigenvalue weighted by molar-refractivity contribution is 0.415. The van der Waals surface area contributed by atoms with Gasteiger partial charge in [0.25, 0.3) is 0 Å². The molecule has 2 heterocycles. The summed E-state index contributed by atoms with van der Waals surface area (Å²) in [5.41, 5.74) is 2.12. The van der Waals surface area contributed by atoms with E-state index in [2.05, 4.69) is 15.5 Å². The van der Waals surface area contributed by atoms with Gasteiger partial charge in [0, 0.05) is 22.0 Å². The summed E-state index contributed by atoms with van der Waals surface area (Å²) in [7, 11) is -2.15. The number of benzene rings is 3. The van der Waals surface area contributed by atoms with E-state index in [0.29, 0.717) is 23.0 Å². The number of anilines is 2. The third-order valence-corrected chi connectivity index (χ3v) is 5.99. The number of rotatable bonds is 5. The van der Waals surface area contributed by atoms with Gasteiger partial charge in [0.05, 0.1) is 12.0 Å². The van der Waals surface area contributed by atoms with Crippen LogP contribution in [-0.2, 0) is 10.0 Å². The van der Waals surface area contributed by atoms with E-state index in [-0.39, 0.29) is 4.90 Å². The Hall–Kier alpha value is -4.02. The van der Waals surface area contributed by atoms with E-state index < -0.39 is 10.0 Å². The molecule has 0 saturated heterocycles. The molecule has 3 N–H and O–H groups in total. The summed E-state index contributed by atoms with van der Waals surface area (Å²) >= 11 is 0. The Labute approximate surface area is 183 Å². The lowest BCUT2D eigenvalue weighted by Crippen LogP contribution is -2.11. The van der Waals surface area contributed by atoms with Gasteiger partial charge in [-0.1, -0.05) is 24.3 Å². The van der Waals surface area contributed by atoms with Crippen LogP contribution in [0.4, 0.5) is 11.5 Å². The molecule has 0 aliphatic rings. The molecule has 10 heteroatoms. The van der Waals surface area contributed by atoms with Crippen molar-refractivity contribution in [3.05, 3.63) is 72.8 Å². The Morgan fingerprint density at radius 2 is 1.59 bits per heavy atom. The molecule has 5 aromatic rings. The van der Waals surface area contributed by atoms with Crippen molar-refractivity contribution in [2.45, 2.75) is 4.90 Å². The number of nitrogens with two attached hydrogens (primary N) is 1. The Morgan fingerprint density at radius 3 is 2.25 bits per heavy atom. The maximum absolute atomic E-state index is 11.5. The Bertz CT molecular complexity index is 1550. The molecule has 3 aromatic carbocycles. The Balaban J connectivity index is 1.64. The topological polar surface area (TPSA) is 124 Å². The summed E-state index contributed by atoms with van der Waals surface area (Å²) < 4.78 is 30.0. The van der Waals surface area contributed by atoms with Gasteiger partial charge in [-0.15, -0.1) is 15.3 Å². The van der Waals surface area contributed by atoms with E-state index in [9.17, 15) is 8.42 Å². The predicted octanol–water partition coefficient (Wildman–Crippen LogP) is 3.34. The third-order valence-electron chi connectivity index (χ3n) is 5.06. The van der Waals surface area contributed by atoms with Crippen LogP contribution in [0.15, 0.2) is 77.7 Å². The highest BCUT2D eigenvalue weighted by Crippen LogP contribution is 2.30.